The molecule has 1 aliphatic carbocycles. The van der Waals surface area contributed by atoms with Crippen LogP contribution in [0.15, 0.2) is 47.4 Å². The Hall–Kier alpha value is -3.06. The van der Waals surface area contributed by atoms with Gasteiger partial charge in [-0.1, -0.05) is 17.7 Å². The number of likely N-dealkylation sites (tertiary alicyclic amines) is 1. The van der Waals surface area contributed by atoms with Crippen molar-refractivity contribution in [3.8, 4) is 5.69 Å². The van der Waals surface area contributed by atoms with E-state index in [0.717, 1.165) is 42.6 Å². The van der Waals surface area contributed by atoms with E-state index >= 15 is 0 Å². The Balaban J connectivity index is 1.28. The first-order valence-corrected chi connectivity index (χ1v) is 11.4. The lowest BCUT2D eigenvalue weighted by Crippen LogP contribution is -2.46. The lowest BCUT2D eigenvalue weighted by molar-refractivity contribution is 0.0697. The number of hydrogen-bond donors (Lipinski definition) is 1. The summed E-state index contributed by atoms with van der Waals surface area (Å²) in [5.74, 6) is 0.210. The molecule has 1 N–H and O–H groups in total. The number of halogens is 1. The molecule has 2 aliphatic rings. The summed E-state index contributed by atoms with van der Waals surface area (Å²) in [6, 6.07) is 7.54. The van der Waals surface area contributed by atoms with E-state index in [9.17, 15) is 9.59 Å². The molecule has 2 fully saturated rings. The number of nitrogens with zero attached hydrogens (tertiary/aromatic N) is 3. The van der Waals surface area contributed by atoms with E-state index in [1.54, 1.807) is 12.3 Å². The van der Waals surface area contributed by atoms with Crippen molar-refractivity contribution in [2.24, 2.45) is 0 Å². The van der Waals surface area contributed by atoms with Crippen LogP contribution >= 0.6 is 11.6 Å². The van der Waals surface area contributed by atoms with Crippen LogP contribution in [0.5, 0.6) is 0 Å². The fraction of sp³-hybridized carbons (Fsp3) is 0.375. The molecule has 3 heterocycles. The number of carbonyl (C=O) groups excluding carboxylic acids is 2. The summed E-state index contributed by atoms with van der Waals surface area (Å²) in [6.07, 6.45) is 8.18. The molecule has 0 radical (unpaired) electrons. The maximum atomic E-state index is 13.2. The van der Waals surface area contributed by atoms with E-state index in [1.165, 1.54) is 12.5 Å². The Labute approximate surface area is 191 Å². The average molecular weight is 453 g/mol. The van der Waals surface area contributed by atoms with Crippen LogP contribution in [0.25, 0.3) is 5.69 Å². The van der Waals surface area contributed by atoms with Gasteiger partial charge >= 0.3 is 0 Å². The van der Waals surface area contributed by atoms with Crippen molar-refractivity contribution in [3.05, 3.63) is 70.4 Å². The molecule has 2 aromatic heterocycles. The van der Waals surface area contributed by atoms with Gasteiger partial charge in [-0.05, 0) is 56.4 Å². The number of furan rings is 1. The van der Waals surface area contributed by atoms with Gasteiger partial charge in [0.05, 0.1) is 35.0 Å². The normalized spacial score (nSPS) is 16.9. The summed E-state index contributed by atoms with van der Waals surface area (Å²) in [4.78, 5) is 27.4. The minimum Gasteiger partial charge on any atom is -0.472 e. The van der Waals surface area contributed by atoms with Crippen molar-refractivity contribution in [1.82, 2.24) is 20.0 Å². The Morgan fingerprint density at radius 1 is 1.16 bits per heavy atom. The second-order valence-corrected chi connectivity index (χ2v) is 9.02. The lowest BCUT2D eigenvalue weighted by Gasteiger charge is -2.32. The largest absolute Gasteiger partial charge is 0.472 e. The molecule has 1 aromatic carbocycles. The summed E-state index contributed by atoms with van der Waals surface area (Å²) < 4.78 is 6.86. The summed E-state index contributed by atoms with van der Waals surface area (Å²) in [7, 11) is 0. The number of piperidine rings is 1. The topological polar surface area (TPSA) is 80.4 Å². The van der Waals surface area contributed by atoms with Gasteiger partial charge in [-0.3, -0.25) is 9.59 Å². The van der Waals surface area contributed by atoms with Crippen molar-refractivity contribution < 1.29 is 14.0 Å². The molecule has 3 aromatic rings. The maximum absolute atomic E-state index is 13.2. The molecule has 0 spiro atoms. The van der Waals surface area contributed by atoms with E-state index < -0.39 is 0 Å². The number of rotatable bonds is 5. The highest BCUT2D eigenvalue weighted by Gasteiger charge is 2.34. The zero-order valence-corrected chi connectivity index (χ0v) is 18.6. The van der Waals surface area contributed by atoms with Gasteiger partial charge in [-0.15, -0.1) is 0 Å². The average Bonchev–Trinajstić information content (AvgIpc) is 3.30. The van der Waals surface area contributed by atoms with Crippen molar-refractivity contribution in [1.29, 1.82) is 0 Å². The van der Waals surface area contributed by atoms with Crippen LogP contribution < -0.4 is 5.32 Å². The Bertz CT molecular complexity index is 1140. The number of amides is 2. The van der Waals surface area contributed by atoms with Crippen molar-refractivity contribution in [2.75, 3.05) is 13.1 Å². The molecule has 32 heavy (non-hydrogen) atoms. The predicted molar refractivity (Wildman–Crippen MR) is 120 cm³/mol. The summed E-state index contributed by atoms with van der Waals surface area (Å²) in [6.45, 7) is 3.17. The third-order valence-corrected chi connectivity index (χ3v) is 6.71. The maximum Gasteiger partial charge on any atom is 0.257 e. The minimum absolute atomic E-state index is 0.0279. The minimum atomic E-state index is -0.101. The predicted octanol–water partition coefficient (Wildman–Crippen LogP) is 4.34. The Morgan fingerprint density at radius 3 is 2.59 bits per heavy atom. The first-order valence-electron chi connectivity index (χ1n) is 11.0. The van der Waals surface area contributed by atoms with Crippen molar-refractivity contribution >= 4 is 23.4 Å². The fourth-order valence-electron chi connectivity index (χ4n) is 4.26. The smallest absolute Gasteiger partial charge is 0.257 e. The summed E-state index contributed by atoms with van der Waals surface area (Å²) in [5, 5.41) is 8.38. The monoisotopic (exact) mass is 452 g/mol. The number of nitrogens with one attached hydrogen (secondary N) is 1. The first kappa shape index (κ1) is 20.8. The fourth-order valence-corrected chi connectivity index (χ4v) is 4.44. The van der Waals surface area contributed by atoms with Gasteiger partial charge in [0.25, 0.3) is 11.8 Å². The van der Waals surface area contributed by atoms with Gasteiger partial charge in [-0.25, -0.2) is 4.68 Å². The number of benzene rings is 1. The molecule has 0 bridgehead atoms. The first-order chi connectivity index (χ1) is 15.5. The molecule has 0 unspecified atom stereocenters. The second kappa shape index (κ2) is 8.47. The van der Waals surface area contributed by atoms with E-state index in [4.69, 9.17) is 16.0 Å². The standard InChI is InChI=1S/C24H25ClN4O3/c1-15-2-5-19(12-21(15)25)29-22(16-3-4-16)20(13-26-29)23(30)27-18-6-9-28(10-7-18)24(31)17-8-11-32-14-17/h2,5,8,11-14,16,18H,3-4,6-7,9-10H2,1H3,(H,27,30). The third-order valence-electron chi connectivity index (χ3n) is 6.30. The van der Waals surface area contributed by atoms with E-state index in [1.807, 2.05) is 34.7 Å². The number of hydrogen-bond acceptors (Lipinski definition) is 4. The molecule has 1 saturated heterocycles. The van der Waals surface area contributed by atoms with Crippen LogP contribution in [0, 0.1) is 6.92 Å². The quantitative estimate of drug-likeness (QED) is 0.624. The van der Waals surface area contributed by atoms with E-state index in [-0.39, 0.29) is 17.9 Å². The molecular weight excluding hydrogens is 428 g/mol. The summed E-state index contributed by atoms with van der Waals surface area (Å²) in [5.41, 5.74) is 4.01. The molecule has 1 saturated carbocycles. The molecule has 5 rings (SSSR count). The number of aromatic nitrogens is 2. The zero-order chi connectivity index (χ0) is 22.2. The molecule has 166 valence electrons. The molecule has 1 aliphatic heterocycles. The lowest BCUT2D eigenvalue weighted by atomic mass is 10.0. The number of carbonyl (C=O) groups is 2. The van der Waals surface area contributed by atoms with E-state index in [0.29, 0.717) is 35.2 Å². The summed E-state index contributed by atoms with van der Waals surface area (Å²) >= 11 is 6.32. The zero-order valence-electron chi connectivity index (χ0n) is 17.9. The van der Waals surface area contributed by atoms with Crippen LogP contribution in [0.2, 0.25) is 5.02 Å². The molecule has 0 atom stereocenters. The molecule has 2 amide bonds. The van der Waals surface area contributed by atoms with Gasteiger partial charge in [0.15, 0.2) is 0 Å². The third kappa shape index (κ3) is 4.05. The Morgan fingerprint density at radius 2 is 1.94 bits per heavy atom. The number of aryl methyl sites for hydroxylation is 1. The van der Waals surface area contributed by atoms with Gasteiger partial charge < -0.3 is 14.6 Å². The van der Waals surface area contributed by atoms with Crippen molar-refractivity contribution in [3.63, 3.8) is 0 Å². The van der Waals surface area contributed by atoms with Crippen LogP contribution in [-0.4, -0.2) is 45.6 Å². The van der Waals surface area contributed by atoms with Gasteiger partial charge in [0, 0.05) is 30.1 Å². The SMILES string of the molecule is Cc1ccc(-n2ncc(C(=O)NC3CCN(C(=O)c4ccoc4)CC3)c2C2CC2)cc1Cl. The molecule has 8 heteroatoms. The molecular formula is C24H25ClN4O3. The van der Waals surface area contributed by atoms with Gasteiger partial charge in [0.1, 0.15) is 6.26 Å². The van der Waals surface area contributed by atoms with Crippen LogP contribution in [-0.2, 0) is 0 Å². The van der Waals surface area contributed by atoms with E-state index in [2.05, 4.69) is 10.4 Å². The van der Waals surface area contributed by atoms with Crippen LogP contribution in [0.4, 0.5) is 0 Å². The Kier molecular flexibility index (Phi) is 5.51. The van der Waals surface area contributed by atoms with Crippen molar-refractivity contribution in [2.45, 2.75) is 44.6 Å². The highest BCUT2D eigenvalue weighted by molar-refractivity contribution is 6.31. The van der Waals surface area contributed by atoms with Crippen LogP contribution in [0.3, 0.4) is 0 Å². The van der Waals surface area contributed by atoms with Crippen LogP contribution in [0.1, 0.15) is 63.6 Å². The highest BCUT2D eigenvalue weighted by atomic mass is 35.5. The van der Waals surface area contributed by atoms with Gasteiger partial charge in [0.2, 0.25) is 0 Å². The molecule has 7 nitrogen and oxygen atoms in total. The second-order valence-electron chi connectivity index (χ2n) is 8.62. The van der Waals surface area contributed by atoms with Gasteiger partial charge in [-0.2, -0.15) is 5.10 Å². The highest BCUT2D eigenvalue weighted by Crippen LogP contribution is 2.42.